The number of ketones is 1. The maximum Gasteiger partial charge on any atom is 0.163 e. The molecule has 86 valence electrons. The Morgan fingerprint density at radius 2 is 2.00 bits per heavy atom. The highest BCUT2D eigenvalue weighted by molar-refractivity contribution is 5.97. The average molecular weight is 218 g/mol. The molecular formula is C14H18O2. The molecule has 0 aromatic heterocycles. The van der Waals surface area contributed by atoms with Gasteiger partial charge in [-0.1, -0.05) is 13.8 Å². The summed E-state index contributed by atoms with van der Waals surface area (Å²) in [5, 5.41) is 9.82. The third-order valence-electron chi connectivity index (χ3n) is 3.22. The highest BCUT2D eigenvalue weighted by Crippen LogP contribution is 2.45. The van der Waals surface area contributed by atoms with Gasteiger partial charge in [0.05, 0.1) is 5.56 Å². The second-order valence-corrected chi connectivity index (χ2v) is 4.98. The van der Waals surface area contributed by atoms with Crippen LogP contribution in [0.5, 0.6) is 5.75 Å². The molecule has 1 aromatic rings. The minimum Gasteiger partial charge on any atom is -0.507 e. The molecule has 2 nitrogen and oxygen atoms in total. The Hall–Kier alpha value is -1.31. The van der Waals surface area contributed by atoms with E-state index in [2.05, 4.69) is 13.8 Å². The predicted octanol–water partition coefficient (Wildman–Crippen LogP) is 3.60. The Labute approximate surface area is 96.3 Å². The first kappa shape index (κ1) is 11.2. The molecule has 0 aliphatic heterocycles. The van der Waals surface area contributed by atoms with Crippen molar-refractivity contribution in [3.05, 3.63) is 28.8 Å². The first-order valence-corrected chi connectivity index (χ1v) is 5.88. The molecule has 0 heterocycles. The number of hydrogen-bond donors (Lipinski definition) is 1. The fraction of sp³-hybridized carbons (Fsp3) is 0.500. The molecule has 1 saturated carbocycles. The van der Waals surface area contributed by atoms with Crippen LogP contribution in [0.15, 0.2) is 12.1 Å². The molecule has 2 rings (SSSR count). The molecule has 1 N–H and O–H groups in total. The molecule has 16 heavy (non-hydrogen) atoms. The fourth-order valence-corrected chi connectivity index (χ4v) is 2.15. The summed E-state index contributed by atoms with van der Waals surface area (Å²) in [6.45, 7) is 5.75. The lowest BCUT2D eigenvalue weighted by Gasteiger charge is -2.15. The molecule has 0 radical (unpaired) electrons. The van der Waals surface area contributed by atoms with E-state index in [0.717, 1.165) is 0 Å². The number of aromatic hydroxyl groups is 1. The molecule has 1 aromatic carbocycles. The molecule has 0 spiro atoms. The van der Waals surface area contributed by atoms with E-state index < -0.39 is 0 Å². The number of benzene rings is 1. The van der Waals surface area contributed by atoms with Crippen LogP contribution in [0.3, 0.4) is 0 Å². The summed E-state index contributed by atoms with van der Waals surface area (Å²) in [5.41, 5.74) is 2.90. The van der Waals surface area contributed by atoms with Gasteiger partial charge in [0.1, 0.15) is 5.75 Å². The van der Waals surface area contributed by atoms with E-state index in [1.165, 1.54) is 30.9 Å². The van der Waals surface area contributed by atoms with Gasteiger partial charge in [0, 0.05) is 0 Å². The van der Waals surface area contributed by atoms with Crippen LogP contribution in [-0.4, -0.2) is 10.9 Å². The largest absolute Gasteiger partial charge is 0.507 e. The molecule has 1 fully saturated rings. The lowest BCUT2D eigenvalue weighted by molar-refractivity contribution is 0.101. The maximum atomic E-state index is 11.4. The lowest BCUT2D eigenvalue weighted by atomic mass is 9.91. The third kappa shape index (κ3) is 1.97. The Bertz CT molecular complexity index is 429. The number of carbonyl (C=O) groups is 1. The molecular weight excluding hydrogens is 200 g/mol. The number of carbonyl (C=O) groups excluding carboxylic acids is 1. The van der Waals surface area contributed by atoms with Gasteiger partial charge in [0.25, 0.3) is 0 Å². The molecule has 1 aliphatic carbocycles. The third-order valence-corrected chi connectivity index (χ3v) is 3.22. The van der Waals surface area contributed by atoms with Gasteiger partial charge in [-0.15, -0.1) is 0 Å². The summed E-state index contributed by atoms with van der Waals surface area (Å²) in [6.07, 6.45) is 2.41. The van der Waals surface area contributed by atoms with Crippen molar-refractivity contribution in [2.45, 2.75) is 45.4 Å². The summed E-state index contributed by atoms with van der Waals surface area (Å²) in [6, 6.07) is 3.67. The number of Topliss-reactive ketones (excluding diaryl/α,β-unsaturated/α-hetero) is 1. The van der Waals surface area contributed by atoms with E-state index in [4.69, 9.17) is 0 Å². The number of hydrogen-bond acceptors (Lipinski definition) is 2. The van der Waals surface area contributed by atoms with Crippen molar-refractivity contribution >= 4 is 5.78 Å². The Kier molecular flexibility index (Phi) is 2.75. The highest BCUT2D eigenvalue weighted by atomic mass is 16.3. The first-order chi connectivity index (χ1) is 7.50. The number of rotatable bonds is 3. The van der Waals surface area contributed by atoms with Crippen LogP contribution in [0.4, 0.5) is 0 Å². The number of phenols is 1. The number of phenolic OH excluding ortho intramolecular Hbond substituents is 1. The SMILES string of the molecule is CC(=O)c1cc(C(C)C)c(C2CC2)cc1O. The van der Waals surface area contributed by atoms with Crippen LogP contribution < -0.4 is 0 Å². The molecule has 0 bridgehead atoms. The standard InChI is InChI=1S/C14H18O2/c1-8(2)11-6-12(9(3)15)14(16)7-13(11)10-4-5-10/h6-8,10,16H,4-5H2,1-3H3. The van der Waals surface area contributed by atoms with E-state index >= 15 is 0 Å². The Balaban J connectivity index is 2.54. The normalized spacial score (nSPS) is 15.5. The molecule has 1 aliphatic rings. The van der Waals surface area contributed by atoms with Crippen LogP contribution in [0, 0.1) is 0 Å². The van der Waals surface area contributed by atoms with Crippen LogP contribution in [0.1, 0.15) is 66.9 Å². The average Bonchev–Trinajstić information content (AvgIpc) is 2.99. The second-order valence-electron chi connectivity index (χ2n) is 4.98. The topological polar surface area (TPSA) is 37.3 Å². The zero-order valence-corrected chi connectivity index (χ0v) is 10.1. The summed E-state index contributed by atoms with van der Waals surface area (Å²) < 4.78 is 0. The van der Waals surface area contributed by atoms with E-state index in [9.17, 15) is 9.90 Å². The van der Waals surface area contributed by atoms with Gasteiger partial charge < -0.3 is 5.11 Å². The summed E-state index contributed by atoms with van der Waals surface area (Å²) in [7, 11) is 0. The molecule has 0 atom stereocenters. The first-order valence-electron chi connectivity index (χ1n) is 5.88. The van der Waals surface area contributed by atoms with Crippen LogP contribution >= 0.6 is 0 Å². The minimum atomic E-state index is -0.0678. The van der Waals surface area contributed by atoms with Gasteiger partial charge in [-0.05, 0) is 54.9 Å². The monoisotopic (exact) mass is 218 g/mol. The summed E-state index contributed by atoms with van der Waals surface area (Å²) >= 11 is 0. The van der Waals surface area contributed by atoms with E-state index in [1.807, 2.05) is 6.07 Å². The zero-order chi connectivity index (χ0) is 11.9. The van der Waals surface area contributed by atoms with Crippen molar-refractivity contribution in [3.8, 4) is 5.75 Å². The van der Waals surface area contributed by atoms with Crippen molar-refractivity contribution in [2.75, 3.05) is 0 Å². The maximum absolute atomic E-state index is 11.4. The molecule has 0 unspecified atom stereocenters. The Morgan fingerprint density at radius 1 is 1.38 bits per heavy atom. The zero-order valence-electron chi connectivity index (χ0n) is 10.1. The van der Waals surface area contributed by atoms with Crippen molar-refractivity contribution in [3.63, 3.8) is 0 Å². The molecule has 2 heteroatoms. The van der Waals surface area contributed by atoms with Crippen molar-refractivity contribution in [1.29, 1.82) is 0 Å². The van der Waals surface area contributed by atoms with Crippen LogP contribution in [-0.2, 0) is 0 Å². The summed E-state index contributed by atoms with van der Waals surface area (Å²) in [5.74, 6) is 1.07. The van der Waals surface area contributed by atoms with Gasteiger partial charge in [0.15, 0.2) is 5.78 Å². The smallest absolute Gasteiger partial charge is 0.163 e. The van der Waals surface area contributed by atoms with E-state index in [0.29, 0.717) is 17.4 Å². The lowest BCUT2D eigenvalue weighted by Crippen LogP contribution is -2.01. The summed E-state index contributed by atoms with van der Waals surface area (Å²) in [4.78, 5) is 11.4. The quantitative estimate of drug-likeness (QED) is 0.787. The molecule has 0 amide bonds. The predicted molar refractivity (Wildman–Crippen MR) is 64.2 cm³/mol. The molecule has 0 saturated heterocycles. The van der Waals surface area contributed by atoms with Crippen LogP contribution in [0.2, 0.25) is 0 Å². The highest BCUT2D eigenvalue weighted by Gasteiger charge is 2.28. The van der Waals surface area contributed by atoms with Gasteiger partial charge in [0.2, 0.25) is 0 Å². The van der Waals surface area contributed by atoms with Crippen molar-refractivity contribution in [2.24, 2.45) is 0 Å². The van der Waals surface area contributed by atoms with E-state index in [1.54, 1.807) is 6.07 Å². The van der Waals surface area contributed by atoms with Crippen molar-refractivity contribution in [1.82, 2.24) is 0 Å². The van der Waals surface area contributed by atoms with Gasteiger partial charge in [-0.2, -0.15) is 0 Å². The Morgan fingerprint density at radius 3 is 2.44 bits per heavy atom. The second kappa shape index (κ2) is 3.93. The minimum absolute atomic E-state index is 0.0678. The van der Waals surface area contributed by atoms with E-state index in [-0.39, 0.29) is 11.5 Å². The van der Waals surface area contributed by atoms with Gasteiger partial charge in [-0.25, -0.2) is 0 Å². The fourth-order valence-electron chi connectivity index (χ4n) is 2.15. The van der Waals surface area contributed by atoms with Crippen molar-refractivity contribution < 1.29 is 9.90 Å². The van der Waals surface area contributed by atoms with Crippen LogP contribution in [0.25, 0.3) is 0 Å². The van der Waals surface area contributed by atoms with Gasteiger partial charge in [-0.3, -0.25) is 4.79 Å². The van der Waals surface area contributed by atoms with Gasteiger partial charge >= 0.3 is 0 Å².